The quantitative estimate of drug-likeness (QED) is 0.444. The second kappa shape index (κ2) is 8.60. The summed E-state index contributed by atoms with van der Waals surface area (Å²) in [4.78, 5) is 19.4. The summed E-state index contributed by atoms with van der Waals surface area (Å²) in [6, 6.07) is 15.2. The molecule has 0 radical (unpaired) electrons. The summed E-state index contributed by atoms with van der Waals surface area (Å²) in [7, 11) is 2.21. The molecule has 0 amide bonds. The third kappa shape index (κ3) is 3.78. The zero-order chi connectivity index (χ0) is 22.2. The van der Waals surface area contributed by atoms with Crippen molar-refractivity contribution in [3.63, 3.8) is 0 Å². The minimum atomic E-state index is 0.322. The summed E-state index contributed by atoms with van der Waals surface area (Å²) in [5.74, 6) is 1.08. The normalized spacial score (nSPS) is 18.2. The van der Waals surface area contributed by atoms with E-state index in [0.717, 1.165) is 60.9 Å². The molecule has 0 spiro atoms. The first kappa shape index (κ1) is 20.4. The predicted octanol–water partition coefficient (Wildman–Crippen LogP) is 4.90. The fourth-order valence-electron chi connectivity index (χ4n) is 5.48. The Kier molecular flexibility index (Phi) is 5.30. The summed E-state index contributed by atoms with van der Waals surface area (Å²) in [6.07, 6.45) is 12.0. The van der Waals surface area contributed by atoms with Crippen LogP contribution in [0.25, 0.3) is 16.9 Å². The number of rotatable bonds is 5. The number of imidazole rings is 1. The van der Waals surface area contributed by atoms with Gasteiger partial charge in [0.1, 0.15) is 11.5 Å². The Bertz CT molecular complexity index is 1260. The third-order valence-corrected chi connectivity index (χ3v) is 7.15. The Morgan fingerprint density at radius 1 is 1.00 bits per heavy atom. The molecule has 1 atom stereocenters. The van der Waals surface area contributed by atoms with Crippen LogP contribution in [0.15, 0.2) is 61.1 Å². The molecule has 1 aliphatic heterocycles. The molecule has 5 heterocycles. The van der Waals surface area contributed by atoms with E-state index in [0.29, 0.717) is 6.04 Å². The molecule has 1 unspecified atom stereocenters. The van der Waals surface area contributed by atoms with E-state index in [1.807, 2.05) is 12.4 Å². The number of aromatic nitrogens is 4. The van der Waals surface area contributed by atoms with Crippen LogP contribution in [0, 0.1) is 0 Å². The average molecular weight is 439 g/mol. The van der Waals surface area contributed by atoms with Crippen molar-refractivity contribution in [1.82, 2.24) is 24.3 Å². The lowest BCUT2D eigenvalue weighted by molar-refractivity contribution is 0.207. The molecule has 33 heavy (non-hydrogen) atoms. The van der Waals surface area contributed by atoms with E-state index < -0.39 is 0 Å². The smallest absolute Gasteiger partial charge is 0.137 e. The average Bonchev–Trinajstić information content (AvgIpc) is 3.52. The summed E-state index contributed by atoms with van der Waals surface area (Å²) in [6.45, 7) is 2.98. The molecule has 1 saturated heterocycles. The monoisotopic (exact) mass is 438 g/mol. The van der Waals surface area contributed by atoms with Crippen LogP contribution in [0.2, 0.25) is 0 Å². The second-order valence-corrected chi connectivity index (χ2v) is 9.31. The van der Waals surface area contributed by atoms with Crippen LogP contribution in [0.1, 0.15) is 48.7 Å². The maximum atomic E-state index is 5.04. The maximum Gasteiger partial charge on any atom is 0.137 e. The van der Waals surface area contributed by atoms with Gasteiger partial charge in [0, 0.05) is 43.8 Å². The van der Waals surface area contributed by atoms with Gasteiger partial charge in [-0.1, -0.05) is 12.1 Å². The lowest BCUT2D eigenvalue weighted by Gasteiger charge is -2.32. The Morgan fingerprint density at radius 3 is 2.76 bits per heavy atom. The number of hydrogen-bond acceptors (Lipinski definition) is 5. The minimum absolute atomic E-state index is 0.322. The van der Waals surface area contributed by atoms with Crippen molar-refractivity contribution in [3.8, 4) is 11.3 Å². The molecule has 4 aromatic heterocycles. The summed E-state index contributed by atoms with van der Waals surface area (Å²) in [5, 5.41) is 0. The predicted molar refractivity (Wildman–Crippen MR) is 131 cm³/mol. The van der Waals surface area contributed by atoms with Crippen molar-refractivity contribution < 1.29 is 0 Å². The van der Waals surface area contributed by atoms with Crippen molar-refractivity contribution in [1.29, 1.82) is 0 Å². The number of pyridine rings is 3. The molecule has 0 saturated carbocycles. The molecule has 6 rings (SSSR count). The van der Waals surface area contributed by atoms with E-state index in [2.05, 4.69) is 69.9 Å². The van der Waals surface area contributed by atoms with E-state index in [1.54, 1.807) is 0 Å². The Hall–Kier alpha value is -3.25. The van der Waals surface area contributed by atoms with Crippen LogP contribution in [-0.4, -0.2) is 44.4 Å². The number of hydrogen-bond donors (Lipinski definition) is 0. The largest absolute Gasteiger partial charge is 0.357 e. The van der Waals surface area contributed by atoms with Gasteiger partial charge in [0.05, 0.1) is 23.1 Å². The van der Waals surface area contributed by atoms with E-state index >= 15 is 0 Å². The number of nitrogens with zero attached hydrogens (tertiary/aromatic N) is 6. The maximum absolute atomic E-state index is 5.04. The highest BCUT2D eigenvalue weighted by atomic mass is 15.2. The van der Waals surface area contributed by atoms with Crippen LogP contribution in [0.5, 0.6) is 0 Å². The number of fused-ring (bicyclic) bond motifs is 2. The molecule has 4 aromatic rings. The molecule has 6 nitrogen and oxygen atoms in total. The van der Waals surface area contributed by atoms with Crippen LogP contribution in [0.3, 0.4) is 0 Å². The SMILES string of the molecule is CN(Cc1nc2ccccn2c1-c1ccc(N2CCCC2)nc1)C1CCCc2cccnc21. The molecule has 168 valence electrons. The highest BCUT2D eigenvalue weighted by molar-refractivity contribution is 5.67. The van der Waals surface area contributed by atoms with Crippen molar-refractivity contribution in [2.24, 2.45) is 0 Å². The molecular weight excluding hydrogens is 408 g/mol. The second-order valence-electron chi connectivity index (χ2n) is 9.31. The van der Waals surface area contributed by atoms with Crippen LogP contribution in [-0.2, 0) is 13.0 Å². The lowest BCUT2D eigenvalue weighted by atomic mass is 9.91. The van der Waals surface area contributed by atoms with Gasteiger partial charge in [-0.25, -0.2) is 9.97 Å². The van der Waals surface area contributed by atoms with Gasteiger partial charge in [-0.05, 0) is 75.0 Å². The first-order valence-electron chi connectivity index (χ1n) is 12.1. The molecule has 0 bridgehead atoms. The fourth-order valence-corrected chi connectivity index (χ4v) is 5.48. The number of anilines is 1. The molecule has 1 fully saturated rings. The lowest BCUT2D eigenvalue weighted by Crippen LogP contribution is -2.28. The van der Waals surface area contributed by atoms with Gasteiger partial charge in [-0.15, -0.1) is 0 Å². The molecular formula is C27H30N6. The van der Waals surface area contributed by atoms with Gasteiger partial charge in [-0.3, -0.25) is 14.3 Å². The summed E-state index contributed by atoms with van der Waals surface area (Å²) < 4.78 is 2.20. The topological polar surface area (TPSA) is 49.6 Å². The van der Waals surface area contributed by atoms with Crippen LogP contribution < -0.4 is 4.90 Å². The molecule has 1 aliphatic carbocycles. The van der Waals surface area contributed by atoms with E-state index in [1.165, 1.54) is 30.5 Å². The summed E-state index contributed by atoms with van der Waals surface area (Å²) in [5.41, 5.74) is 6.92. The standard InChI is InChI=1S/C27H30N6/c1-31(23-10-6-8-20-9-7-14-28-26(20)23)19-22-27(33-17-3-2-11-25(33)30-22)21-12-13-24(29-18-21)32-15-4-5-16-32/h2-3,7,9,11-14,17-18,23H,4-6,8,10,15-16,19H2,1H3. The molecule has 0 N–H and O–H groups in total. The molecule has 2 aliphatic rings. The minimum Gasteiger partial charge on any atom is -0.357 e. The van der Waals surface area contributed by atoms with Gasteiger partial charge in [0.15, 0.2) is 0 Å². The first-order valence-corrected chi connectivity index (χ1v) is 12.1. The first-order chi connectivity index (χ1) is 16.3. The van der Waals surface area contributed by atoms with Crippen LogP contribution >= 0.6 is 0 Å². The Morgan fingerprint density at radius 2 is 1.91 bits per heavy atom. The van der Waals surface area contributed by atoms with Crippen molar-refractivity contribution in [3.05, 3.63) is 78.0 Å². The van der Waals surface area contributed by atoms with E-state index in [9.17, 15) is 0 Å². The van der Waals surface area contributed by atoms with Crippen LogP contribution in [0.4, 0.5) is 5.82 Å². The van der Waals surface area contributed by atoms with E-state index in [4.69, 9.17) is 15.0 Å². The van der Waals surface area contributed by atoms with Gasteiger partial charge in [0.2, 0.25) is 0 Å². The van der Waals surface area contributed by atoms with Gasteiger partial charge in [-0.2, -0.15) is 0 Å². The zero-order valence-corrected chi connectivity index (χ0v) is 19.2. The highest BCUT2D eigenvalue weighted by Crippen LogP contribution is 2.34. The van der Waals surface area contributed by atoms with Gasteiger partial charge in [0.25, 0.3) is 0 Å². The number of aryl methyl sites for hydroxylation is 1. The highest BCUT2D eigenvalue weighted by Gasteiger charge is 2.27. The van der Waals surface area contributed by atoms with Crippen molar-refractivity contribution in [2.45, 2.75) is 44.7 Å². The van der Waals surface area contributed by atoms with Gasteiger partial charge >= 0.3 is 0 Å². The van der Waals surface area contributed by atoms with Crippen molar-refractivity contribution >= 4 is 11.5 Å². The Balaban J connectivity index is 1.35. The fraction of sp³-hybridized carbons (Fsp3) is 0.370. The van der Waals surface area contributed by atoms with Gasteiger partial charge < -0.3 is 4.90 Å². The molecule has 0 aromatic carbocycles. The van der Waals surface area contributed by atoms with Crippen molar-refractivity contribution in [2.75, 3.05) is 25.0 Å². The Labute approximate surface area is 194 Å². The summed E-state index contributed by atoms with van der Waals surface area (Å²) >= 11 is 0. The zero-order valence-electron chi connectivity index (χ0n) is 19.2. The molecule has 6 heteroatoms. The third-order valence-electron chi connectivity index (χ3n) is 7.15. The van der Waals surface area contributed by atoms with E-state index in [-0.39, 0.29) is 0 Å².